The number of sulfonamides is 1. The molecule has 0 saturated heterocycles. The Balaban J connectivity index is 1.55. The molecular formula is C23H31N3O3S. The molecule has 2 aromatic carbocycles. The van der Waals surface area contributed by atoms with E-state index in [2.05, 4.69) is 10.6 Å². The van der Waals surface area contributed by atoms with Crippen LogP contribution in [0.2, 0.25) is 0 Å². The lowest BCUT2D eigenvalue weighted by Crippen LogP contribution is -2.38. The van der Waals surface area contributed by atoms with Crippen LogP contribution in [0.3, 0.4) is 0 Å². The zero-order chi connectivity index (χ0) is 21.6. The molecule has 3 rings (SSSR count). The Labute approximate surface area is 179 Å². The number of anilines is 1. The van der Waals surface area contributed by atoms with E-state index < -0.39 is 10.0 Å². The smallest absolute Gasteiger partial charge is 0.243 e. The lowest BCUT2D eigenvalue weighted by molar-refractivity contribution is -0.115. The molecular weight excluding hydrogens is 398 g/mol. The number of nitrogens with one attached hydrogen (secondary N) is 2. The Morgan fingerprint density at radius 1 is 1.03 bits per heavy atom. The van der Waals surface area contributed by atoms with Crippen LogP contribution in [0.1, 0.15) is 50.6 Å². The highest BCUT2D eigenvalue weighted by Gasteiger charge is 2.28. The van der Waals surface area contributed by atoms with Crippen LogP contribution in [0.15, 0.2) is 59.5 Å². The first-order valence-electron chi connectivity index (χ1n) is 10.5. The number of hydrogen-bond donors (Lipinski definition) is 2. The largest absolute Gasteiger partial charge is 0.325 e. The summed E-state index contributed by atoms with van der Waals surface area (Å²) in [4.78, 5) is 12.5. The molecule has 2 N–H and O–H groups in total. The summed E-state index contributed by atoms with van der Waals surface area (Å²) in [5.74, 6) is -0.173. The van der Waals surface area contributed by atoms with Gasteiger partial charge in [0.25, 0.3) is 0 Å². The SMILES string of the molecule is C[C@@H](NCC(=O)Nc1ccc(S(=O)(=O)N(C)C2CCCCC2)cc1)c1ccccc1. The standard InChI is InChI=1S/C23H31N3O3S/c1-18(19-9-5-3-6-10-19)24-17-23(27)25-20-13-15-22(16-14-20)30(28,29)26(2)21-11-7-4-8-12-21/h3,5-6,9-10,13-16,18,21,24H,4,7-8,11-12,17H2,1-2H3,(H,25,27)/t18-/m1/s1. The first-order valence-corrected chi connectivity index (χ1v) is 12.0. The van der Waals surface area contributed by atoms with Gasteiger partial charge in [0.15, 0.2) is 0 Å². The van der Waals surface area contributed by atoms with Gasteiger partial charge in [-0.05, 0) is 49.6 Å². The molecule has 1 aliphatic carbocycles. The second-order valence-electron chi connectivity index (χ2n) is 7.90. The summed E-state index contributed by atoms with van der Waals surface area (Å²) in [6.07, 6.45) is 5.16. The van der Waals surface area contributed by atoms with Crippen LogP contribution in [0.5, 0.6) is 0 Å². The maximum atomic E-state index is 12.9. The summed E-state index contributed by atoms with van der Waals surface area (Å²) in [6, 6.07) is 16.4. The minimum absolute atomic E-state index is 0.0554. The fourth-order valence-corrected chi connectivity index (χ4v) is 5.24. The Morgan fingerprint density at radius 3 is 2.30 bits per heavy atom. The second kappa shape index (κ2) is 10.2. The van der Waals surface area contributed by atoms with E-state index in [1.807, 2.05) is 37.3 Å². The molecule has 0 aliphatic heterocycles. The molecule has 162 valence electrons. The zero-order valence-corrected chi connectivity index (χ0v) is 18.5. The third-order valence-corrected chi connectivity index (χ3v) is 7.70. The minimum Gasteiger partial charge on any atom is -0.325 e. The van der Waals surface area contributed by atoms with Gasteiger partial charge in [-0.3, -0.25) is 4.79 Å². The highest BCUT2D eigenvalue weighted by atomic mass is 32.2. The summed E-state index contributed by atoms with van der Waals surface area (Å²) < 4.78 is 27.3. The molecule has 1 fully saturated rings. The van der Waals surface area contributed by atoms with Gasteiger partial charge in [-0.1, -0.05) is 49.6 Å². The van der Waals surface area contributed by atoms with Crippen molar-refractivity contribution in [2.75, 3.05) is 18.9 Å². The highest BCUT2D eigenvalue weighted by molar-refractivity contribution is 7.89. The topological polar surface area (TPSA) is 78.5 Å². The maximum Gasteiger partial charge on any atom is 0.243 e. The molecule has 30 heavy (non-hydrogen) atoms. The van der Waals surface area contributed by atoms with Crippen LogP contribution >= 0.6 is 0 Å². The van der Waals surface area contributed by atoms with E-state index in [4.69, 9.17) is 0 Å². The minimum atomic E-state index is -3.53. The van der Waals surface area contributed by atoms with Gasteiger partial charge in [0.2, 0.25) is 15.9 Å². The molecule has 0 heterocycles. The normalized spacial score (nSPS) is 16.4. The van der Waals surface area contributed by atoms with Crippen molar-refractivity contribution in [1.29, 1.82) is 0 Å². The fraction of sp³-hybridized carbons (Fsp3) is 0.435. The van der Waals surface area contributed by atoms with Crippen LogP contribution in [0, 0.1) is 0 Å². The van der Waals surface area contributed by atoms with E-state index in [9.17, 15) is 13.2 Å². The Bertz CT molecular complexity index is 924. The van der Waals surface area contributed by atoms with E-state index in [1.165, 1.54) is 10.7 Å². The van der Waals surface area contributed by atoms with Gasteiger partial charge in [-0.25, -0.2) is 8.42 Å². The highest BCUT2D eigenvalue weighted by Crippen LogP contribution is 2.27. The van der Waals surface area contributed by atoms with Crippen LogP contribution in [0.4, 0.5) is 5.69 Å². The van der Waals surface area contributed by atoms with Gasteiger partial charge in [-0.2, -0.15) is 4.31 Å². The molecule has 0 unspecified atom stereocenters. The van der Waals surface area contributed by atoms with Crippen molar-refractivity contribution >= 4 is 21.6 Å². The van der Waals surface area contributed by atoms with Gasteiger partial charge >= 0.3 is 0 Å². The number of carbonyl (C=O) groups excluding carboxylic acids is 1. The number of benzene rings is 2. The van der Waals surface area contributed by atoms with Crippen LogP contribution in [-0.4, -0.2) is 38.3 Å². The first-order chi connectivity index (χ1) is 14.4. The third-order valence-electron chi connectivity index (χ3n) is 5.77. The Kier molecular flexibility index (Phi) is 7.64. The van der Waals surface area contributed by atoms with E-state index >= 15 is 0 Å². The number of nitrogens with zero attached hydrogens (tertiary/aromatic N) is 1. The fourth-order valence-electron chi connectivity index (χ4n) is 3.83. The van der Waals surface area contributed by atoms with E-state index in [0.29, 0.717) is 5.69 Å². The summed E-state index contributed by atoms with van der Waals surface area (Å²) in [5.41, 5.74) is 1.69. The molecule has 1 atom stereocenters. The van der Waals surface area contributed by atoms with E-state index in [-0.39, 0.29) is 29.4 Å². The molecule has 1 amide bonds. The summed E-state index contributed by atoms with van der Waals surface area (Å²) >= 11 is 0. The van der Waals surface area contributed by atoms with Gasteiger partial charge < -0.3 is 10.6 Å². The van der Waals surface area contributed by atoms with E-state index in [0.717, 1.165) is 31.2 Å². The molecule has 7 heteroatoms. The monoisotopic (exact) mass is 429 g/mol. The molecule has 2 aromatic rings. The van der Waals surface area contributed by atoms with Gasteiger partial charge in [0.1, 0.15) is 0 Å². The van der Waals surface area contributed by atoms with Gasteiger partial charge in [0, 0.05) is 24.8 Å². The zero-order valence-electron chi connectivity index (χ0n) is 17.7. The molecule has 0 bridgehead atoms. The van der Waals surface area contributed by atoms with Crippen molar-refractivity contribution in [1.82, 2.24) is 9.62 Å². The van der Waals surface area contributed by atoms with Crippen molar-refractivity contribution in [3.05, 3.63) is 60.2 Å². The second-order valence-corrected chi connectivity index (χ2v) is 9.90. The summed E-state index contributed by atoms with van der Waals surface area (Å²) in [7, 11) is -1.86. The lowest BCUT2D eigenvalue weighted by atomic mass is 9.96. The van der Waals surface area contributed by atoms with Crippen LogP contribution in [-0.2, 0) is 14.8 Å². The van der Waals surface area contributed by atoms with Gasteiger partial charge in [0.05, 0.1) is 11.4 Å². The van der Waals surface area contributed by atoms with Crippen molar-refractivity contribution in [3.8, 4) is 0 Å². The average Bonchev–Trinajstić information content (AvgIpc) is 2.78. The van der Waals surface area contributed by atoms with Crippen LogP contribution < -0.4 is 10.6 Å². The summed E-state index contributed by atoms with van der Waals surface area (Å²) in [5, 5.41) is 6.00. The maximum absolute atomic E-state index is 12.9. The molecule has 1 saturated carbocycles. The summed E-state index contributed by atoms with van der Waals surface area (Å²) in [6.45, 7) is 2.17. The number of carbonyl (C=O) groups is 1. The number of hydrogen-bond acceptors (Lipinski definition) is 4. The predicted octanol–water partition coefficient (Wildman–Crippen LogP) is 3.93. The molecule has 0 aromatic heterocycles. The molecule has 1 aliphatic rings. The molecule has 0 spiro atoms. The quantitative estimate of drug-likeness (QED) is 0.666. The predicted molar refractivity (Wildman–Crippen MR) is 120 cm³/mol. The van der Waals surface area contributed by atoms with Gasteiger partial charge in [-0.15, -0.1) is 0 Å². The number of amides is 1. The van der Waals surface area contributed by atoms with Crippen molar-refractivity contribution in [2.24, 2.45) is 0 Å². The van der Waals surface area contributed by atoms with Crippen LogP contribution in [0.25, 0.3) is 0 Å². The Hall–Kier alpha value is -2.22. The first kappa shape index (κ1) is 22.5. The Morgan fingerprint density at radius 2 is 1.67 bits per heavy atom. The third kappa shape index (κ3) is 5.68. The molecule has 0 radical (unpaired) electrons. The van der Waals surface area contributed by atoms with E-state index in [1.54, 1.807) is 31.3 Å². The number of rotatable bonds is 8. The van der Waals surface area contributed by atoms with Crippen molar-refractivity contribution in [3.63, 3.8) is 0 Å². The molecule has 6 nitrogen and oxygen atoms in total. The lowest BCUT2D eigenvalue weighted by Gasteiger charge is -2.30. The van der Waals surface area contributed by atoms with Crippen molar-refractivity contribution in [2.45, 2.75) is 56.0 Å². The average molecular weight is 430 g/mol. The van der Waals surface area contributed by atoms with Crippen molar-refractivity contribution < 1.29 is 13.2 Å².